The van der Waals surface area contributed by atoms with E-state index < -0.39 is 0 Å². The van der Waals surface area contributed by atoms with Crippen molar-refractivity contribution in [3.05, 3.63) is 59.8 Å². The molecule has 3 aromatic rings. The number of aromatic nitrogens is 1. The molecule has 1 amide bonds. The van der Waals surface area contributed by atoms with Crippen molar-refractivity contribution in [1.82, 2.24) is 9.88 Å². The average molecular weight is 389 g/mol. The lowest BCUT2D eigenvalue weighted by Gasteiger charge is -2.26. The number of para-hydroxylation sites is 1. The van der Waals surface area contributed by atoms with Gasteiger partial charge in [0.1, 0.15) is 17.0 Å². The number of piperidine rings is 1. The van der Waals surface area contributed by atoms with E-state index in [0.29, 0.717) is 17.0 Å². The smallest absolute Gasteiger partial charge is 0.272 e. The highest BCUT2D eigenvalue weighted by molar-refractivity contribution is 6.02. The maximum absolute atomic E-state index is 13.1. The number of carbonyl (C=O) groups excluding carboxylic acids is 1. The molecule has 0 spiro atoms. The first-order valence-electron chi connectivity index (χ1n) is 10.3. The van der Waals surface area contributed by atoms with Crippen LogP contribution >= 0.6 is 0 Å². The van der Waals surface area contributed by atoms with Gasteiger partial charge in [0.25, 0.3) is 5.91 Å². The Hall–Kier alpha value is -3.08. The summed E-state index contributed by atoms with van der Waals surface area (Å²) in [5, 5.41) is 4.44. The van der Waals surface area contributed by atoms with Crippen LogP contribution in [0.5, 0.6) is 5.75 Å². The van der Waals surface area contributed by atoms with E-state index in [4.69, 9.17) is 9.72 Å². The van der Waals surface area contributed by atoms with Gasteiger partial charge in [0, 0.05) is 24.2 Å². The van der Waals surface area contributed by atoms with Gasteiger partial charge >= 0.3 is 0 Å². The van der Waals surface area contributed by atoms with E-state index in [0.717, 1.165) is 49.1 Å². The summed E-state index contributed by atoms with van der Waals surface area (Å²) in [5.41, 5.74) is 4.28. The van der Waals surface area contributed by atoms with Crippen LogP contribution in [0, 0.1) is 0 Å². The number of nitrogens with zero attached hydrogens (tertiary/aromatic N) is 2. The highest BCUT2D eigenvalue weighted by Crippen LogP contribution is 2.32. The SMILES string of the molecule is CCc1cccc(Nc2cc(C(=O)N3CCCCC3)nc3c(OC)cccc23)c1. The number of rotatable bonds is 5. The molecule has 0 atom stereocenters. The van der Waals surface area contributed by atoms with Crippen LogP contribution in [0.1, 0.15) is 42.2 Å². The van der Waals surface area contributed by atoms with Crippen molar-refractivity contribution in [2.24, 2.45) is 0 Å². The summed E-state index contributed by atoms with van der Waals surface area (Å²) in [6, 6.07) is 16.0. The van der Waals surface area contributed by atoms with Crippen molar-refractivity contribution in [2.45, 2.75) is 32.6 Å². The molecule has 0 bridgehead atoms. The number of amides is 1. The number of fused-ring (bicyclic) bond motifs is 1. The molecule has 5 nitrogen and oxygen atoms in total. The number of methoxy groups -OCH3 is 1. The van der Waals surface area contributed by atoms with Crippen LogP contribution in [0.25, 0.3) is 10.9 Å². The Bertz CT molecular complexity index is 1030. The van der Waals surface area contributed by atoms with Gasteiger partial charge in [-0.15, -0.1) is 0 Å². The molecule has 1 N–H and O–H groups in total. The van der Waals surface area contributed by atoms with Crippen molar-refractivity contribution in [3.8, 4) is 5.75 Å². The number of likely N-dealkylation sites (tertiary alicyclic amines) is 1. The zero-order chi connectivity index (χ0) is 20.2. The van der Waals surface area contributed by atoms with E-state index in [9.17, 15) is 4.79 Å². The molecule has 0 unspecified atom stereocenters. The Morgan fingerprint density at radius 2 is 1.90 bits per heavy atom. The number of anilines is 2. The zero-order valence-corrected chi connectivity index (χ0v) is 17.1. The van der Waals surface area contributed by atoms with Crippen molar-refractivity contribution in [3.63, 3.8) is 0 Å². The first kappa shape index (κ1) is 19.2. The fraction of sp³-hybridized carbons (Fsp3) is 0.333. The second-order valence-electron chi connectivity index (χ2n) is 7.44. The van der Waals surface area contributed by atoms with Gasteiger partial charge in [-0.05, 0) is 55.5 Å². The van der Waals surface area contributed by atoms with E-state index >= 15 is 0 Å². The molecule has 4 rings (SSSR count). The molecule has 5 heteroatoms. The summed E-state index contributed by atoms with van der Waals surface area (Å²) in [5.74, 6) is 0.656. The van der Waals surface area contributed by atoms with Gasteiger partial charge in [0.2, 0.25) is 0 Å². The molecule has 1 fully saturated rings. The molecule has 1 saturated heterocycles. The second kappa shape index (κ2) is 8.52. The second-order valence-corrected chi connectivity index (χ2v) is 7.44. The van der Waals surface area contributed by atoms with Gasteiger partial charge in [-0.3, -0.25) is 4.79 Å². The van der Waals surface area contributed by atoms with Crippen molar-refractivity contribution in [1.29, 1.82) is 0 Å². The highest BCUT2D eigenvalue weighted by Gasteiger charge is 2.21. The number of benzene rings is 2. The van der Waals surface area contributed by atoms with Gasteiger partial charge in [-0.2, -0.15) is 0 Å². The largest absolute Gasteiger partial charge is 0.494 e. The van der Waals surface area contributed by atoms with E-state index in [2.05, 4.69) is 24.4 Å². The van der Waals surface area contributed by atoms with Crippen LogP contribution in [-0.4, -0.2) is 36.0 Å². The van der Waals surface area contributed by atoms with Crippen molar-refractivity contribution < 1.29 is 9.53 Å². The zero-order valence-electron chi connectivity index (χ0n) is 17.1. The summed E-state index contributed by atoms with van der Waals surface area (Å²) in [6.45, 7) is 3.73. The number of ether oxygens (including phenoxy) is 1. The van der Waals surface area contributed by atoms with Gasteiger partial charge in [-0.1, -0.05) is 31.2 Å². The molecule has 29 heavy (non-hydrogen) atoms. The lowest BCUT2D eigenvalue weighted by Crippen LogP contribution is -2.36. The molecule has 0 radical (unpaired) electrons. The minimum atomic E-state index is -0.0112. The predicted octanol–water partition coefficient (Wildman–Crippen LogP) is 5.18. The Morgan fingerprint density at radius 3 is 2.66 bits per heavy atom. The van der Waals surface area contributed by atoms with Crippen molar-refractivity contribution >= 4 is 28.2 Å². The lowest BCUT2D eigenvalue weighted by atomic mass is 10.1. The first-order chi connectivity index (χ1) is 14.2. The third kappa shape index (κ3) is 4.04. The molecule has 150 valence electrons. The van der Waals surface area contributed by atoms with Gasteiger partial charge in [-0.25, -0.2) is 4.98 Å². The van der Waals surface area contributed by atoms with Crippen LogP contribution in [-0.2, 0) is 6.42 Å². The van der Waals surface area contributed by atoms with E-state index in [1.54, 1.807) is 7.11 Å². The van der Waals surface area contributed by atoms with Gasteiger partial charge in [0.15, 0.2) is 0 Å². The number of hydrogen-bond donors (Lipinski definition) is 1. The van der Waals surface area contributed by atoms with Crippen LogP contribution in [0.4, 0.5) is 11.4 Å². The van der Waals surface area contributed by atoms with Crippen LogP contribution in [0.2, 0.25) is 0 Å². The average Bonchev–Trinajstić information content (AvgIpc) is 2.78. The normalized spacial score (nSPS) is 14.1. The van der Waals surface area contributed by atoms with Crippen LogP contribution in [0.15, 0.2) is 48.5 Å². The predicted molar refractivity (Wildman–Crippen MR) is 117 cm³/mol. The number of pyridine rings is 1. The van der Waals surface area contributed by atoms with Gasteiger partial charge in [0.05, 0.1) is 12.8 Å². The first-order valence-corrected chi connectivity index (χ1v) is 10.3. The van der Waals surface area contributed by atoms with E-state index in [-0.39, 0.29) is 5.91 Å². The topological polar surface area (TPSA) is 54.5 Å². The minimum Gasteiger partial charge on any atom is -0.494 e. The highest BCUT2D eigenvalue weighted by atomic mass is 16.5. The maximum Gasteiger partial charge on any atom is 0.272 e. The fourth-order valence-electron chi connectivity index (χ4n) is 3.88. The summed E-state index contributed by atoms with van der Waals surface area (Å²) in [7, 11) is 1.63. The maximum atomic E-state index is 13.1. The minimum absolute atomic E-state index is 0.0112. The molecule has 0 aliphatic carbocycles. The van der Waals surface area contributed by atoms with Gasteiger partial charge < -0.3 is 15.0 Å². The molecule has 1 aliphatic heterocycles. The molecule has 2 heterocycles. The van der Waals surface area contributed by atoms with Crippen LogP contribution in [0.3, 0.4) is 0 Å². The van der Waals surface area contributed by atoms with E-state index in [1.165, 1.54) is 12.0 Å². The molecule has 2 aromatic carbocycles. The Morgan fingerprint density at radius 1 is 1.10 bits per heavy atom. The molecule has 1 aromatic heterocycles. The summed E-state index contributed by atoms with van der Waals surface area (Å²) >= 11 is 0. The molecular formula is C24H27N3O2. The van der Waals surface area contributed by atoms with Crippen LogP contribution < -0.4 is 10.1 Å². The monoisotopic (exact) mass is 389 g/mol. The third-order valence-corrected chi connectivity index (χ3v) is 5.50. The summed E-state index contributed by atoms with van der Waals surface area (Å²) in [6.07, 6.45) is 4.26. The summed E-state index contributed by atoms with van der Waals surface area (Å²) < 4.78 is 5.53. The Kier molecular flexibility index (Phi) is 5.65. The number of hydrogen-bond acceptors (Lipinski definition) is 4. The number of nitrogens with one attached hydrogen (secondary N) is 1. The molecule has 1 aliphatic rings. The fourth-order valence-corrected chi connectivity index (χ4v) is 3.88. The standard InChI is InChI=1S/C24H27N3O2/c1-3-17-9-7-10-18(15-17)25-20-16-21(24(28)27-13-5-4-6-14-27)26-23-19(20)11-8-12-22(23)29-2/h7-12,15-16H,3-6,13-14H2,1-2H3,(H,25,26). The van der Waals surface area contributed by atoms with Crippen molar-refractivity contribution in [2.75, 3.05) is 25.5 Å². The number of carbonyl (C=O) groups is 1. The molecule has 0 saturated carbocycles. The third-order valence-electron chi connectivity index (χ3n) is 5.50. The summed E-state index contributed by atoms with van der Waals surface area (Å²) in [4.78, 5) is 19.8. The molecular weight excluding hydrogens is 362 g/mol. The van der Waals surface area contributed by atoms with E-state index in [1.807, 2.05) is 41.3 Å². The Balaban J connectivity index is 1.79. The Labute approximate surface area is 171 Å². The quantitative estimate of drug-likeness (QED) is 0.654. The number of aryl methyl sites for hydroxylation is 1. The lowest BCUT2D eigenvalue weighted by molar-refractivity contribution is 0.0719.